The summed E-state index contributed by atoms with van der Waals surface area (Å²) >= 11 is 5.70. The maximum absolute atomic E-state index is 9.55. The van der Waals surface area contributed by atoms with E-state index < -0.39 is 11.9 Å². The van der Waals surface area contributed by atoms with Crippen LogP contribution in [0.1, 0.15) is 17.2 Å². The molecule has 1 saturated heterocycles. The molecular formula is C23H25BrN2O4S. The number of halogens is 1. The molecule has 2 aliphatic heterocycles. The summed E-state index contributed by atoms with van der Waals surface area (Å²) in [6, 6.07) is 16.0. The van der Waals surface area contributed by atoms with Crippen molar-refractivity contribution in [3.8, 4) is 0 Å². The van der Waals surface area contributed by atoms with Crippen LogP contribution in [0.3, 0.4) is 0 Å². The lowest BCUT2D eigenvalue weighted by molar-refractivity contribution is -0.134. The van der Waals surface area contributed by atoms with E-state index in [-0.39, 0.29) is 0 Å². The Hall–Kier alpha value is -2.13. The Balaban J connectivity index is 0.000000293. The molecule has 0 spiro atoms. The van der Waals surface area contributed by atoms with Gasteiger partial charge >= 0.3 is 11.9 Å². The van der Waals surface area contributed by atoms with Crippen LogP contribution in [0.4, 0.5) is 0 Å². The highest BCUT2D eigenvalue weighted by Crippen LogP contribution is 2.45. The third kappa shape index (κ3) is 6.43. The molecule has 4 rings (SSSR count). The van der Waals surface area contributed by atoms with E-state index in [1.165, 1.54) is 25.4 Å². The molecule has 31 heavy (non-hydrogen) atoms. The van der Waals surface area contributed by atoms with E-state index in [1.807, 2.05) is 11.8 Å². The molecule has 6 nitrogen and oxygen atoms in total. The van der Waals surface area contributed by atoms with Gasteiger partial charge in [-0.3, -0.25) is 4.90 Å². The van der Waals surface area contributed by atoms with E-state index in [0.29, 0.717) is 18.2 Å². The smallest absolute Gasteiger partial charge is 0.328 e. The molecule has 8 heteroatoms. The summed E-state index contributed by atoms with van der Waals surface area (Å²) in [7, 11) is 2.22. The fourth-order valence-corrected chi connectivity index (χ4v) is 5.46. The lowest BCUT2D eigenvalue weighted by Crippen LogP contribution is -2.46. The lowest BCUT2D eigenvalue weighted by atomic mass is 9.96. The minimum atomic E-state index is -1.26. The number of rotatable bonds is 3. The van der Waals surface area contributed by atoms with E-state index in [1.54, 1.807) is 0 Å². The number of carboxylic acids is 2. The second-order valence-corrected chi connectivity index (χ2v) is 9.34. The fourth-order valence-electron chi connectivity index (χ4n) is 3.70. The van der Waals surface area contributed by atoms with Crippen LogP contribution in [-0.2, 0) is 16.0 Å². The molecule has 0 amide bonds. The van der Waals surface area contributed by atoms with Crippen LogP contribution in [0.5, 0.6) is 0 Å². The Morgan fingerprint density at radius 3 is 2.29 bits per heavy atom. The van der Waals surface area contributed by atoms with Crippen molar-refractivity contribution < 1.29 is 19.8 Å². The summed E-state index contributed by atoms with van der Waals surface area (Å²) < 4.78 is 1.22. The molecule has 0 aliphatic carbocycles. The number of hydrogen-bond donors (Lipinski definition) is 2. The van der Waals surface area contributed by atoms with Gasteiger partial charge in [0.05, 0.1) is 0 Å². The van der Waals surface area contributed by atoms with Crippen LogP contribution in [-0.4, -0.2) is 65.2 Å². The molecule has 0 radical (unpaired) electrons. The highest BCUT2D eigenvalue weighted by atomic mass is 79.9. The molecular weight excluding hydrogens is 480 g/mol. The summed E-state index contributed by atoms with van der Waals surface area (Å²) in [6.45, 7) is 4.63. The number of piperazine rings is 1. The molecule has 0 bridgehead atoms. The van der Waals surface area contributed by atoms with E-state index in [9.17, 15) is 9.59 Å². The van der Waals surface area contributed by atoms with Crippen LogP contribution >= 0.6 is 27.7 Å². The van der Waals surface area contributed by atoms with Crippen molar-refractivity contribution in [2.45, 2.75) is 22.3 Å². The maximum Gasteiger partial charge on any atom is 0.328 e. The van der Waals surface area contributed by atoms with Crippen LogP contribution in [0.2, 0.25) is 0 Å². The molecule has 2 N–H and O–H groups in total. The molecule has 2 aliphatic rings. The zero-order valence-corrected chi connectivity index (χ0v) is 19.6. The second-order valence-electron chi connectivity index (χ2n) is 7.44. The molecule has 164 valence electrons. The van der Waals surface area contributed by atoms with Crippen molar-refractivity contribution in [3.05, 3.63) is 70.2 Å². The van der Waals surface area contributed by atoms with Gasteiger partial charge in [0, 0.05) is 58.6 Å². The first kappa shape index (κ1) is 23.5. The van der Waals surface area contributed by atoms with Crippen molar-refractivity contribution in [2.24, 2.45) is 0 Å². The van der Waals surface area contributed by atoms with Crippen molar-refractivity contribution in [3.63, 3.8) is 0 Å². The number of hydrogen-bond acceptors (Lipinski definition) is 5. The third-order valence-corrected chi connectivity index (χ3v) is 7.50. The van der Waals surface area contributed by atoms with Gasteiger partial charge in [-0.05, 0) is 52.7 Å². The Morgan fingerprint density at radius 1 is 1.00 bits per heavy atom. The van der Waals surface area contributed by atoms with Gasteiger partial charge < -0.3 is 15.1 Å². The third-order valence-electron chi connectivity index (χ3n) is 5.30. The monoisotopic (exact) mass is 504 g/mol. The predicted molar refractivity (Wildman–Crippen MR) is 125 cm³/mol. The first-order chi connectivity index (χ1) is 14.8. The minimum absolute atomic E-state index is 0.479. The van der Waals surface area contributed by atoms with E-state index >= 15 is 0 Å². The number of carboxylic acid groups (broad SMARTS) is 2. The maximum atomic E-state index is 9.55. The Bertz CT molecular complexity index is 958. The largest absolute Gasteiger partial charge is 0.478 e. The van der Waals surface area contributed by atoms with Crippen LogP contribution in [0.15, 0.2) is 68.9 Å². The SMILES string of the molecule is CN1CCN(C2Cc3ccccc3Sc3c(Br)cccc32)CC1.O=C(O)/C=C\C(=O)O. The van der Waals surface area contributed by atoms with Gasteiger partial charge in [0.15, 0.2) is 0 Å². The summed E-state index contributed by atoms with van der Waals surface area (Å²) in [5.74, 6) is -2.51. The highest BCUT2D eigenvalue weighted by Gasteiger charge is 2.29. The van der Waals surface area contributed by atoms with Crippen LogP contribution in [0.25, 0.3) is 0 Å². The fraction of sp³-hybridized carbons (Fsp3) is 0.304. The first-order valence-electron chi connectivity index (χ1n) is 9.96. The van der Waals surface area contributed by atoms with Crippen LogP contribution < -0.4 is 0 Å². The summed E-state index contributed by atoms with van der Waals surface area (Å²) in [4.78, 5) is 27.0. The Kier molecular flexibility index (Phi) is 8.31. The first-order valence-corrected chi connectivity index (χ1v) is 11.6. The van der Waals surface area contributed by atoms with Gasteiger partial charge in [-0.25, -0.2) is 9.59 Å². The van der Waals surface area contributed by atoms with Gasteiger partial charge in [0.25, 0.3) is 0 Å². The van der Waals surface area contributed by atoms with Crippen molar-refractivity contribution >= 4 is 39.6 Å². The van der Waals surface area contributed by atoms with Gasteiger partial charge in [0.1, 0.15) is 0 Å². The summed E-state index contributed by atoms with van der Waals surface area (Å²) in [6.07, 6.45) is 2.22. The standard InChI is InChI=1S/C19H21BrN2S.C4H4O4/c1-21-9-11-22(12-10-21)17-13-14-5-2-3-8-18(14)23-19-15(17)6-4-7-16(19)20;5-3(6)1-2-4(7)8/h2-8,17H,9-13H2,1H3;1-2H,(H,5,6)(H,7,8)/b;2-1-. The van der Waals surface area contributed by atoms with E-state index in [4.69, 9.17) is 10.2 Å². The number of aliphatic carboxylic acids is 2. The lowest BCUT2D eigenvalue weighted by Gasteiger charge is -2.38. The van der Waals surface area contributed by atoms with Gasteiger partial charge in [0.2, 0.25) is 0 Å². The zero-order chi connectivity index (χ0) is 22.4. The number of carbonyl (C=O) groups is 2. The predicted octanol–water partition coefficient (Wildman–Crippen LogP) is 4.16. The van der Waals surface area contributed by atoms with Crippen molar-refractivity contribution in [1.82, 2.24) is 9.80 Å². The number of nitrogens with zero attached hydrogens (tertiary/aromatic N) is 2. The number of fused-ring (bicyclic) bond motifs is 2. The summed E-state index contributed by atoms with van der Waals surface area (Å²) in [5, 5.41) is 15.6. The Morgan fingerprint density at radius 2 is 1.65 bits per heavy atom. The van der Waals surface area contributed by atoms with E-state index in [2.05, 4.69) is 75.2 Å². The van der Waals surface area contributed by atoms with Crippen molar-refractivity contribution in [2.75, 3.05) is 33.2 Å². The Labute approximate surface area is 194 Å². The average molecular weight is 505 g/mol. The van der Waals surface area contributed by atoms with Gasteiger partial charge in [-0.15, -0.1) is 0 Å². The molecule has 1 unspecified atom stereocenters. The zero-order valence-electron chi connectivity index (χ0n) is 17.2. The van der Waals surface area contributed by atoms with Gasteiger partial charge in [-0.1, -0.05) is 42.1 Å². The molecule has 0 aromatic heterocycles. The highest BCUT2D eigenvalue weighted by molar-refractivity contribution is 9.10. The molecule has 2 aromatic rings. The topological polar surface area (TPSA) is 81.1 Å². The van der Waals surface area contributed by atoms with Crippen LogP contribution in [0, 0.1) is 0 Å². The summed E-state index contributed by atoms with van der Waals surface area (Å²) in [5.41, 5.74) is 2.95. The normalized spacial score (nSPS) is 19.0. The van der Waals surface area contributed by atoms with Gasteiger partial charge in [-0.2, -0.15) is 0 Å². The average Bonchev–Trinajstić information content (AvgIpc) is 2.91. The molecule has 0 saturated carbocycles. The van der Waals surface area contributed by atoms with Crippen molar-refractivity contribution in [1.29, 1.82) is 0 Å². The molecule has 1 fully saturated rings. The molecule has 2 aromatic carbocycles. The number of benzene rings is 2. The van der Waals surface area contributed by atoms with E-state index in [0.717, 1.165) is 32.6 Å². The number of likely N-dealkylation sites (N-methyl/N-ethyl adjacent to an activating group) is 1. The molecule has 2 heterocycles. The minimum Gasteiger partial charge on any atom is -0.478 e. The quantitative estimate of drug-likeness (QED) is 0.607. The second kappa shape index (κ2) is 10.9. The molecule has 1 atom stereocenters.